The SMILES string of the molecule is Cl.NC(=O)c1cc(C(O)CN2CCN(c3ccccn3)CC2)ccc1O. The molecule has 8 heteroatoms. The normalized spacial score (nSPS) is 16.0. The predicted octanol–water partition coefficient (Wildman–Crippen LogP) is 1.16. The van der Waals surface area contributed by atoms with Gasteiger partial charge >= 0.3 is 0 Å². The van der Waals surface area contributed by atoms with E-state index in [1.807, 2.05) is 18.2 Å². The summed E-state index contributed by atoms with van der Waals surface area (Å²) >= 11 is 0. The van der Waals surface area contributed by atoms with E-state index in [0.717, 1.165) is 32.0 Å². The molecule has 7 nitrogen and oxygen atoms in total. The number of phenols is 1. The summed E-state index contributed by atoms with van der Waals surface area (Å²) in [5, 5.41) is 20.1. The van der Waals surface area contributed by atoms with Gasteiger partial charge < -0.3 is 20.8 Å². The lowest BCUT2D eigenvalue weighted by atomic mass is 10.0. The van der Waals surface area contributed by atoms with Gasteiger partial charge in [0.1, 0.15) is 11.6 Å². The van der Waals surface area contributed by atoms with Crippen LogP contribution in [-0.4, -0.2) is 58.7 Å². The third kappa shape index (κ3) is 4.63. The fraction of sp³-hybridized carbons (Fsp3) is 0.333. The number of halogens is 1. The van der Waals surface area contributed by atoms with Crippen LogP contribution >= 0.6 is 12.4 Å². The number of anilines is 1. The van der Waals surface area contributed by atoms with E-state index in [9.17, 15) is 15.0 Å². The topological polar surface area (TPSA) is 103 Å². The van der Waals surface area contributed by atoms with Crippen molar-refractivity contribution in [2.75, 3.05) is 37.6 Å². The molecule has 1 aliphatic rings. The number of nitrogens with zero attached hydrogens (tertiary/aromatic N) is 3. The van der Waals surface area contributed by atoms with Gasteiger partial charge in [-0.15, -0.1) is 12.4 Å². The number of carbonyl (C=O) groups is 1. The van der Waals surface area contributed by atoms with Crippen molar-refractivity contribution in [2.45, 2.75) is 6.10 Å². The molecule has 1 aliphatic heterocycles. The molecule has 26 heavy (non-hydrogen) atoms. The minimum absolute atomic E-state index is 0. The number of aromatic hydroxyl groups is 1. The van der Waals surface area contributed by atoms with E-state index in [1.165, 1.54) is 12.1 Å². The molecule has 3 rings (SSSR count). The molecule has 4 N–H and O–H groups in total. The van der Waals surface area contributed by atoms with Gasteiger partial charge in [-0.2, -0.15) is 0 Å². The summed E-state index contributed by atoms with van der Waals surface area (Å²) in [6.45, 7) is 3.76. The molecule has 1 aromatic carbocycles. The van der Waals surface area contributed by atoms with Crippen molar-refractivity contribution in [1.82, 2.24) is 9.88 Å². The molecular weight excluding hydrogens is 356 g/mol. The fourth-order valence-corrected chi connectivity index (χ4v) is 3.01. The Morgan fingerprint density at radius 1 is 1.19 bits per heavy atom. The lowest BCUT2D eigenvalue weighted by molar-refractivity contribution is 0.0995. The monoisotopic (exact) mass is 378 g/mol. The van der Waals surface area contributed by atoms with Crippen LogP contribution in [0.1, 0.15) is 22.0 Å². The van der Waals surface area contributed by atoms with Crippen molar-refractivity contribution in [3.8, 4) is 5.75 Å². The van der Waals surface area contributed by atoms with Crippen LogP contribution in [0.15, 0.2) is 42.6 Å². The number of amides is 1. The highest BCUT2D eigenvalue weighted by Gasteiger charge is 2.21. The number of aliphatic hydroxyl groups excluding tert-OH is 1. The number of aliphatic hydroxyl groups is 1. The van der Waals surface area contributed by atoms with Crippen LogP contribution in [0.3, 0.4) is 0 Å². The fourth-order valence-electron chi connectivity index (χ4n) is 3.01. The predicted molar refractivity (Wildman–Crippen MR) is 102 cm³/mol. The number of primary amides is 1. The van der Waals surface area contributed by atoms with Gasteiger partial charge in [0.25, 0.3) is 5.91 Å². The summed E-state index contributed by atoms with van der Waals surface area (Å²) in [5.74, 6) is 0.0790. The van der Waals surface area contributed by atoms with Gasteiger partial charge in [0.2, 0.25) is 0 Å². The van der Waals surface area contributed by atoms with Gasteiger partial charge in [-0.3, -0.25) is 9.69 Å². The summed E-state index contributed by atoms with van der Waals surface area (Å²) in [5.41, 5.74) is 5.83. The molecule has 0 bridgehead atoms. The number of benzene rings is 1. The van der Waals surface area contributed by atoms with Crippen molar-refractivity contribution in [3.63, 3.8) is 0 Å². The van der Waals surface area contributed by atoms with Crippen LogP contribution < -0.4 is 10.6 Å². The minimum atomic E-state index is -0.750. The molecule has 0 aliphatic carbocycles. The first kappa shape index (κ1) is 20.0. The van der Waals surface area contributed by atoms with Gasteiger partial charge in [0.15, 0.2) is 0 Å². The molecule has 2 heterocycles. The number of nitrogens with two attached hydrogens (primary N) is 1. The Morgan fingerprint density at radius 3 is 2.54 bits per heavy atom. The number of β-amino-alcohol motifs (C(OH)–C–C–N with tert-alkyl or cyclic N) is 1. The van der Waals surface area contributed by atoms with E-state index in [2.05, 4.69) is 14.8 Å². The molecule has 1 saturated heterocycles. The first-order chi connectivity index (χ1) is 12.0. The maximum Gasteiger partial charge on any atom is 0.252 e. The van der Waals surface area contributed by atoms with Crippen molar-refractivity contribution in [3.05, 3.63) is 53.7 Å². The molecule has 140 valence electrons. The summed E-state index contributed by atoms with van der Waals surface area (Å²) < 4.78 is 0. The molecule has 1 aromatic heterocycles. The Morgan fingerprint density at radius 2 is 1.92 bits per heavy atom. The number of hydrogen-bond donors (Lipinski definition) is 3. The largest absolute Gasteiger partial charge is 0.507 e. The van der Waals surface area contributed by atoms with E-state index in [4.69, 9.17) is 5.73 Å². The Kier molecular flexibility index (Phi) is 6.79. The second-order valence-corrected chi connectivity index (χ2v) is 6.13. The van der Waals surface area contributed by atoms with Crippen LogP contribution in [-0.2, 0) is 0 Å². The van der Waals surface area contributed by atoms with E-state index >= 15 is 0 Å². The quantitative estimate of drug-likeness (QED) is 0.721. The van der Waals surface area contributed by atoms with E-state index in [-0.39, 0.29) is 23.7 Å². The standard InChI is InChI=1S/C18H22N4O3.ClH/c19-18(25)14-11-13(4-5-15(14)23)16(24)12-21-7-9-22(10-8-21)17-3-1-2-6-20-17;/h1-6,11,16,23-24H,7-10,12H2,(H2,19,25);1H. The van der Waals surface area contributed by atoms with Crippen LogP contribution in [0, 0.1) is 0 Å². The van der Waals surface area contributed by atoms with Crippen LogP contribution in [0.2, 0.25) is 0 Å². The van der Waals surface area contributed by atoms with Gasteiger partial charge in [-0.1, -0.05) is 12.1 Å². The maximum atomic E-state index is 11.3. The summed E-state index contributed by atoms with van der Waals surface area (Å²) in [6.07, 6.45) is 1.03. The number of rotatable bonds is 5. The van der Waals surface area contributed by atoms with Gasteiger partial charge in [0.05, 0.1) is 11.7 Å². The molecule has 1 fully saturated rings. The number of piperazine rings is 1. The Hall–Kier alpha value is -2.35. The summed E-state index contributed by atoms with van der Waals surface area (Å²) in [7, 11) is 0. The smallest absolute Gasteiger partial charge is 0.252 e. The van der Waals surface area contributed by atoms with Crippen molar-refractivity contribution in [2.24, 2.45) is 5.73 Å². The van der Waals surface area contributed by atoms with Crippen molar-refractivity contribution >= 4 is 24.1 Å². The molecule has 1 amide bonds. The highest BCUT2D eigenvalue weighted by atomic mass is 35.5. The molecule has 1 atom stereocenters. The second kappa shape index (κ2) is 8.84. The molecule has 0 spiro atoms. The third-order valence-electron chi connectivity index (χ3n) is 4.45. The Bertz CT molecular complexity index is 736. The highest BCUT2D eigenvalue weighted by molar-refractivity contribution is 5.95. The van der Waals surface area contributed by atoms with Gasteiger partial charge in [-0.05, 0) is 29.8 Å². The maximum absolute atomic E-state index is 11.3. The lowest BCUT2D eigenvalue weighted by Crippen LogP contribution is -2.47. The number of pyridine rings is 1. The van der Waals surface area contributed by atoms with Crippen LogP contribution in [0.5, 0.6) is 5.75 Å². The number of aromatic nitrogens is 1. The molecule has 2 aromatic rings. The van der Waals surface area contributed by atoms with Crippen molar-refractivity contribution < 1.29 is 15.0 Å². The van der Waals surface area contributed by atoms with Crippen LogP contribution in [0.25, 0.3) is 0 Å². The van der Waals surface area contributed by atoms with Gasteiger partial charge in [-0.25, -0.2) is 4.98 Å². The van der Waals surface area contributed by atoms with E-state index in [0.29, 0.717) is 12.1 Å². The first-order valence-corrected chi connectivity index (χ1v) is 8.23. The average Bonchev–Trinajstić information content (AvgIpc) is 2.63. The zero-order chi connectivity index (χ0) is 17.8. The van der Waals surface area contributed by atoms with Crippen LogP contribution in [0.4, 0.5) is 5.82 Å². The zero-order valence-electron chi connectivity index (χ0n) is 14.3. The lowest BCUT2D eigenvalue weighted by Gasteiger charge is -2.36. The Balaban J connectivity index is 0.00000243. The first-order valence-electron chi connectivity index (χ1n) is 8.23. The molecule has 1 unspecified atom stereocenters. The summed E-state index contributed by atoms with van der Waals surface area (Å²) in [4.78, 5) is 20.1. The highest BCUT2D eigenvalue weighted by Crippen LogP contribution is 2.23. The van der Waals surface area contributed by atoms with E-state index in [1.54, 1.807) is 12.3 Å². The summed E-state index contributed by atoms with van der Waals surface area (Å²) in [6, 6.07) is 10.3. The molecular formula is C18H23ClN4O3. The molecule has 0 radical (unpaired) electrons. The molecule has 0 saturated carbocycles. The number of carbonyl (C=O) groups excluding carboxylic acids is 1. The average molecular weight is 379 g/mol. The number of hydrogen-bond acceptors (Lipinski definition) is 6. The zero-order valence-corrected chi connectivity index (χ0v) is 15.1. The van der Waals surface area contributed by atoms with E-state index < -0.39 is 12.0 Å². The van der Waals surface area contributed by atoms with Gasteiger partial charge in [0, 0.05) is 38.9 Å². The third-order valence-corrected chi connectivity index (χ3v) is 4.45. The van der Waals surface area contributed by atoms with Crippen molar-refractivity contribution in [1.29, 1.82) is 0 Å². The second-order valence-electron chi connectivity index (χ2n) is 6.13. The minimum Gasteiger partial charge on any atom is -0.507 e. The Labute approximate surface area is 158 Å².